The lowest BCUT2D eigenvalue weighted by Crippen LogP contribution is -2.33. The molecule has 4 heterocycles. The van der Waals surface area contributed by atoms with Gasteiger partial charge in [0.05, 0.1) is 36.0 Å². The number of pyridine rings is 1. The Balaban J connectivity index is 1.29. The third-order valence-electron chi connectivity index (χ3n) is 7.82. The normalized spacial score (nSPS) is 17.3. The Morgan fingerprint density at radius 1 is 1.14 bits per heavy atom. The number of carboxylic acids is 1. The van der Waals surface area contributed by atoms with Gasteiger partial charge < -0.3 is 19.1 Å². The highest BCUT2D eigenvalue weighted by molar-refractivity contribution is 6.30. The van der Waals surface area contributed by atoms with Gasteiger partial charge in [-0.1, -0.05) is 17.7 Å². The Labute approximate surface area is 253 Å². The highest BCUT2D eigenvalue weighted by Crippen LogP contribution is 2.38. The standard InChI is InChI=1S/C30H26ClF5N4O4/c31-19-4-3-17(22(32)11-19)15-44-28-21(30(34,35)36)8-16-5-6-39(13-24(16)37-28)14-26-38-27-23(33)9-18(29(41)42)10-25(27)40(26)12-20-2-1-7-43-20/h3-4,8-11,20H,1-2,5-7,12-15H2,(H,41,42)/t20-/m0/s1. The summed E-state index contributed by atoms with van der Waals surface area (Å²) >= 11 is 5.77. The molecule has 4 aromatic rings. The molecule has 1 fully saturated rings. The summed E-state index contributed by atoms with van der Waals surface area (Å²) in [6.07, 6.45) is -3.01. The van der Waals surface area contributed by atoms with Crippen molar-refractivity contribution in [1.29, 1.82) is 0 Å². The maximum absolute atomic E-state index is 15.0. The number of carbonyl (C=O) groups is 1. The highest BCUT2D eigenvalue weighted by atomic mass is 35.5. The molecule has 1 saturated heterocycles. The largest absolute Gasteiger partial charge is 0.478 e. The third kappa shape index (κ3) is 6.21. The van der Waals surface area contributed by atoms with E-state index in [2.05, 4.69) is 9.97 Å². The van der Waals surface area contributed by atoms with Crippen LogP contribution >= 0.6 is 11.6 Å². The number of aromatic nitrogens is 3. The summed E-state index contributed by atoms with van der Waals surface area (Å²) in [5.41, 5.74) is -0.130. The van der Waals surface area contributed by atoms with Crippen LogP contribution in [0.25, 0.3) is 11.0 Å². The molecule has 0 aliphatic carbocycles. The second-order valence-corrected chi connectivity index (χ2v) is 11.3. The molecule has 0 unspecified atom stereocenters. The molecule has 1 atom stereocenters. The molecule has 2 aliphatic rings. The van der Waals surface area contributed by atoms with Crippen LogP contribution < -0.4 is 4.74 Å². The van der Waals surface area contributed by atoms with Crippen LogP contribution in [0, 0.1) is 11.6 Å². The van der Waals surface area contributed by atoms with Crippen LogP contribution in [0.15, 0.2) is 36.4 Å². The first-order chi connectivity index (χ1) is 21.0. The van der Waals surface area contributed by atoms with Gasteiger partial charge in [-0.3, -0.25) is 4.90 Å². The van der Waals surface area contributed by atoms with E-state index < -0.39 is 41.8 Å². The molecule has 0 spiro atoms. The molecule has 44 heavy (non-hydrogen) atoms. The van der Waals surface area contributed by atoms with Crippen LogP contribution in [-0.4, -0.2) is 49.8 Å². The predicted molar refractivity (Wildman–Crippen MR) is 148 cm³/mol. The molecule has 8 nitrogen and oxygen atoms in total. The van der Waals surface area contributed by atoms with E-state index in [1.807, 2.05) is 4.90 Å². The van der Waals surface area contributed by atoms with Crippen molar-refractivity contribution in [2.45, 2.75) is 57.8 Å². The van der Waals surface area contributed by atoms with Crippen LogP contribution in [0.4, 0.5) is 22.0 Å². The molecule has 2 aromatic heterocycles. The van der Waals surface area contributed by atoms with Gasteiger partial charge in [0.15, 0.2) is 5.82 Å². The number of alkyl halides is 3. The van der Waals surface area contributed by atoms with E-state index >= 15 is 0 Å². The first-order valence-electron chi connectivity index (χ1n) is 13.9. The maximum atomic E-state index is 15.0. The zero-order chi connectivity index (χ0) is 31.2. The lowest BCUT2D eigenvalue weighted by Gasteiger charge is -2.29. The Bertz CT molecular complexity index is 1740. The highest BCUT2D eigenvalue weighted by Gasteiger charge is 2.37. The van der Waals surface area contributed by atoms with Gasteiger partial charge in [0.2, 0.25) is 5.88 Å². The molecule has 1 N–H and O–H groups in total. The fraction of sp³-hybridized carbons (Fsp3) is 0.367. The number of fused-ring (bicyclic) bond motifs is 2. The first kappa shape index (κ1) is 30.2. The van der Waals surface area contributed by atoms with Crippen molar-refractivity contribution in [3.05, 3.63) is 86.8 Å². The number of rotatable bonds is 8. The van der Waals surface area contributed by atoms with Crippen molar-refractivity contribution in [1.82, 2.24) is 19.4 Å². The average Bonchev–Trinajstić information content (AvgIpc) is 3.60. The monoisotopic (exact) mass is 636 g/mol. The number of aromatic carboxylic acids is 1. The molecular formula is C30H26ClF5N4O4. The van der Waals surface area contributed by atoms with E-state index in [1.165, 1.54) is 18.2 Å². The minimum absolute atomic E-state index is 0.0205. The smallest absolute Gasteiger partial charge is 0.421 e. The van der Waals surface area contributed by atoms with Gasteiger partial charge in [-0.2, -0.15) is 13.2 Å². The molecule has 6 rings (SSSR count). The Kier molecular flexibility index (Phi) is 8.20. The summed E-state index contributed by atoms with van der Waals surface area (Å²) in [5.74, 6) is -2.96. The molecule has 0 saturated carbocycles. The molecule has 14 heteroatoms. The van der Waals surface area contributed by atoms with E-state index in [9.17, 15) is 31.9 Å². The Morgan fingerprint density at radius 3 is 2.66 bits per heavy atom. The van der Waals surface area contributed by atoms with Crippen LogP contribution in [-0.2, 0) is 43.6 Å². The quantitative estimate of drug-likeness (QED) is 0.224. The molecule has 2 aliphatic heterocycles. The molecule has 0 radical (unpaired) electrons. The summed E-state index contributed by atoms with van der Waals surface area (Å²) < 4.78 is 84.0. The number of hydrogen-bond donors (Lipinski definition) is 1. The summed E-state index contributed by atoms with van der Waals surface area (Å²) in [7, 11) is 0. The summed E-state index contributed by atoms with van der Waals surface area (Å²) in [5, 5.41) is 9.63. The lowest BCUT2D eigenvalue weighted by molar-refractivity contribution is -0.139. The minimum atomic E-state index is -4.75. The molecular weight excluding hydrogens is 611 g/mol. The van der Waals surface area contributed by atoms with Gasteiger partial charge in [-0.15, -0.1) is 0 Å². The number of hydrogen-bond acceptors (Lipinski definition) is 6. The number of imidazole rings is 1. The van der Waals surface area contributed by atoms with Crippen molar-refractivity contribution in [2.24, 2.45) is 0 Å². The number of carboxylic acid groups (broad SMARTS) is 1. The Hall–Kier alpha value is -3.81. The summed E-state index contributed by atoms with van der Waals surface area (Å²) in [6, 6.07) is 7.11. The molecule has 232 valence electrons. The van der Waals surface area contributed by atoms with Crippen LogP contribution in [0.3, 0.4) is 0 Å². The molecule has 0 bridgehead atoms. The van der Waals surface area contributed by atoms with Crippen molar-refractivity contribution in [3.63, 3.8) is 0 Å². The van der Waals surface area contributed by atoms with Gasteiger partial charge in [-0.05, 0) is 55.2 Å². The van der Waals surface area contributed by atoms with Gasteiger partial charge in [0.25, 0.3) is 0 Å². The van der Waals surface area contributed by atoms with E-state index in [1.54, 1.807) is 4.57 Å². The number of nitrogens with zero attached hydrogens (tertiary/aromatic N) is 4. The average molecular weight is 637 g/mol. The number of halogens is 6. The third-order valence-corrected chi connectivity index (χ3v) is 8.06. The molecule has 2 aromatic carbocycles. The van der Waals surface area contributed by atoms with E-state index in [-0.39, 0.29) is 47.3 Å². The minimum Gasteiger partial charge on any atom is -0.478 e. The summed E-state index contributed by atoms with van der Waals surface area (Å²) in [6.45, 7) is 1.14. The van der Waals surface area contributed by atoms with Crippen LogP contribution in [0.5, 0.6) is 5.88 Å². The topological polar surface area (TPSA) is 89.7 Å². The SMILES string of the molecule is O=C(O)c1cc(F)c2nc(CN3CCc4cc(C(F)(F)F)c(OCc5ccc(Cl)cc5F)nc4C3)n(C[C@@H]3CCCO3)c2c1. The van der Waals surface area contributed by atoms with Gasteiger partial charge in [-0.25, -0.2) is 23.5 Å². The van der Waals surface area contributed by atoms with E-state index in [0.717, 1.165) is 31.0 Å². The predicted octanol–water partition coefficient (Wildman–Crippen LogP) is 6.40. The van der Waals surface area contributed by atoms with Crippen molar-refractivity contribution in [3.8, 4) is 5.88 Å². The fourth-order valence-electron chi connectivity index (χ4n) is 5.60. The Morgan fingerprint density at radius 2 is 1.95 bits per heavy atom. The zero-order valence-corrected chi connectivity index (χ0v) is 23.9. The second-order valence-electron chi connectivity index (χ2n) is 10.8. The maximum Gasteiger partial charge on any atom is 0.421 e. The second kappa shape index (κ2) is 11.9. The van der Waals surface area contributed by atoms with Crippen molar-refractivity contribution in [2.75, 3.05) is 13.2 Å². The lowest BCUT2D eigenvalue weighted by atomic mass is 10.0. The van der Waals surface area contributed by atoms with Crippen LogP contribution in [0.2, 0.25) is 5.02 Å². The van der Waals surface area contributed by atoms with Crippen molar-refractivity contribution >= 4 is 28.6 Å². The zero-order valence-electron chi connectivity index (χ0n) is 23.1. The first-order valence-corrected chi connectivity index (χ1v) is 14.3. The van der Waals surface area contributed by atoms with E-state index in [4.69, 9.17) is 21.1 Å². The van der Waals surface area contributed by atoms with Gasteiger partial charge in [0.1, 0.15) is 29.3 Å². The number of benzene rings is 2. The van der Waals surface area contributed by atoms with Gasteiger partial charge >= 0.3 is 12.1 Å². The summed E-state index contributed by atoms with van der Waals surface area (Å²) in [4.78, 5) is 22.3. The van der Waals surface area contributed by atoms with Gasteiger partial charge in [0, 0.05) is 30.3 Å². The van der Waals surface area contributed by atoms with E-state index in [0.29, 0.717) is 42.3 Å². The fourth-order valence-corrected chi connectivity index (χ4v) is 5.76. The molecule has 0 amide bonds. The number of ether oxygens (including phenoxy) is 2. The van der Waals surface area contributed by atoms with Crippen LogP contribution in [0.1, 0.15) is 51.4 Å². The van der Waals surface area contributed by atoms with Crippen molar-refractivity contribution < 1.29 is 41.3 Å².